The van der Waals surface area contributed by atoms with Crippen LogP contribution in [0.3, 0.4) is 0 Å². The first kappa shape index (κ1) is 27.9. The molecule has 4 aliphatic rings. The Labute approximate surface area is 249 Å². The third-order valence-electron chi connectivity index (χ3n) is 9.44. The van der Waals surface area contributed by atoms with Gasteiger partial charge in [-0.1, -0.05) is 17.7 Å². The topological polar surface area (TPSA) is 115 Å². The van der Waals surface area contributed by atoms with Crippen molar-refractivity contribution in [3.63, 3.8) is 0 Å². The molecule has 1 saturated carbocycles. The van der Waals surface area contributed by atoms with Gasteiger partial charge in [0.2, 0.25) is 11.8 Å². The first-order valence-corrected chi connectivity index (χ1v) is 14.7. The second kappa shape index (κ2) is 10.1. The number of hydrogen-bond acceptors (Lipinski definition) is 5. The summed E-state index contributed by atoms with van der Waals surface area (Å²) >= 11 is 6.49. The van der Waals surface area contributed by atoms with Crippen LogP contribution in [-0.4, -0.2) is 86.1 Å². The van der Waals surface area contributed by atoms with E-state index in [0.717, 1.165) is 10.5 Å². The zero-order valence-corrected chi connectivity index (χ0v) is 23.8. The van der Waals surface area contributed by atoms with Gasteiger partial charge < -0.3 is 14.7 Å². The predicted octanol–water partition coefficient (Wildman–Crippen LogP) is 4.46. The van der Waals surface area contributed by atoms with Gasteiger partial charge in [0.1, 0.15) is 12.4 Å². The van der Waals surface area contributed by atoms with E-state index < -0.39 is 30.0 Å². The highest BCUT2D eigenvalue weighted by atomic mass is 35.5. The normalized spacial score (nSPS) is 24.2. The molecule has 14 heteroatoms. The number of carbonyl (C=O) groups excluding carboxylic acids is 3. The summed E-state index contributed by atoms with van der Waals surface area (Å²) in [5, 5.41) is 10.6. The van der Waals surface area contributed by atoms with Crippen molar-refractivity contribution in [3.05, 3.63) is 52.3 Å². The van der Waals surface area contributed by atoms with Crippen LogP contribution in [0.25, 0.3) is 10.9 Å². The zero-order chi connectivity index (χ0) is 30.1. The summed E-state index contributed by atoms with van der Waals surface area (Å²) in [4.78, 5) is 48.9. The standard InChI is InChI=1S/C29H29ClF3N7O3/c30-22-10-18-20(19-13-35-37-24(19)22)14-39(15-29(31,32)33)26(42)28(11-21(18)28)12-23(41)38-7-4-17(5-8-38)40-9-3-16-2-1-6-34-25(16)36-27(40)43/h1-2,6,10,13,17,21H,3-5,7-9,11-12,14-15H2,(H,35,37)(H,34,36,43)/t21-,28+/m1/s1. The van der Waals surface area contributed by atoms with Crippen LogP contribution in [0.2, 0.25) is 5.02 Å². The number of piperidine rings is 1. The van der Waals surface area contributed by atoms with E-state index in [1.165, 1.54) is 6.20 Å². The second-order valence-electron chi connectivity index (χ2n) is 11.9. The van der Waals surface area contributed by atoms with Gasteiger partial charge in [-0.05, 0) is 54.5 Å². The van der Waals surface area contributed by atoms with Gasteiger partial charge in [-0.15, -0.1) is 0 Å². The molecular weight excluding hydrogens is 587 g/mol. The molecule has 5 heterocycles. The van der Waals surface area contributed by atoms with Gasteiger partial charge in [0.05, 0.1) is 22.2 Å². The third-order valence-corrected chi connectivity index (χ3v) is 9.74. The Balaban J connectivity index is 1.08. The van der Waals surface area contributed by atoms with Crippen molar-refractivity contribution in [1.82, 2.24) is 29.9 Å². The number of nitrogens with one attached hydrogen (secondary N) is 2. The van der Waals surface area contributed by atoms with Crippen LogP contribution < -0.4 is 5.32 Å². The molecule has 226 valence electrons. The lowest BCUT2D eigenvalue weighted by atomic mass is 9.91. The van der Waals surface area contributed by atoms with E-state index >= 15 is 0 Å². The minimum atomic E-state index is -4.60. The van der Waals surface area contributed by atoms with Gasteiger partial charge in [-0.25, -0.2) is 9.78 Å². The Kier molecular flexibility index (Phi) is 6.56. The van der Waals surface area contributed by atoms with Gasteiger partial charge in [-0.2, -0.15) is 18.3 Å². The number of halogens is 4. The highest BCUT2D eigenvalue weighted by Crippen LogP contribution is 2.65. The van der Waals surface area contributed by atoms with Crippen LogP contribution >= 0.6 is 11.6 Å². The number of pyridine rings is 1. The van der Waals surface area contributed by atoms with Crippen molar-refractivity contribution in [1.29, 1.82) is 0 Å². The van der Waals surface area contributed by atoms with Crippen molar-refractivity contribution in [3.8, 4) is 0 Å². The predicted molar refractivity (Wildman–Crippen MR) is 150 cm³/mol. The molecule has 3 aromatic rings. The number of nitrogens with zero attached hydrogens (tertiary/aromatic N) is 5. The van der Waals surface area contributed by atoms with E-state index in [2.05, 4.69) is 20.5 Å². The molecule has 2 aromatic heterocycles. The fourth-order valence-corrected chi connectivity index (χ4v) is 7.46. The van der Waals surface area contributed by atoms with Gasteiger partial charge >= 0.3 is 12.2 Å². The van der Waals surface area contributed by atoms with Crippen LogP contribution in [0.4, 0.5) is 23.8 Å². The number of aromatic nitrogens is 3. The number of likely N-dealkylation sites (tertiary alicyclic amines) is 1. The lowest BCUT2D eigenvalue weighted by molar-refractivity contribution is -0.166. The molecule has 1 aliphatic carbocycles. The number of anilines is 1. The fourth-order valence-electron chi connectivity index (χ4n) is 7.20. The first-order valence-electron chi connectivity index (χ1n) is 14.3. The van der Waals surface area contributed by atoms with Crippen molar-refractivity contribution in [2.45, 2.75) is 56.8 Å². The Morgan fingerprint density at radius 3 is 2.74 bits per heavy atom. The smallest absolute Gasteiger partial charge is 0.343 e. The molecule has 0 bridgehead atoms. The maximum absolute atomic E-state index is 13.8. The van der Waals surface area contributed by atoms with Crippen LogP contribution in [0.1, 0.15) is 48.3 Å². The lowest BCUT2D eigenvalue weighted by Gasteiger charge is -2.38. The third kappa shape index (κ3) is 4.87. The molecule has 2 atom stereocenters. The molecule has 0 radical (unpaired) electrons. The average molecular weight is 616 g/mol. The quantitative estimate of drug-likeness (QED) is 0.450. The molecule has 4 amide bonds. The van der Waals surface area contributed by atoms with Crippen LogP contribution in [0, 0.1) is 5.41 Å². The number of aromatic amines is 1. The number of fused-ring (bicyclic) bond motifs is 6. The Hall–Kier alpha value is -3.87. The number of benzene rings is 1. The first-order chi connectivity index (χ1) is 20.5. The highest BCUT2D eigenvalue weighted by molar-refractivity contribution is 6.35. The zero-order valence-electron chi connectivity index (χ0n) is 23.1. The summed E-state index contributed by atoms with van der Waals surface area (Å²) in [7, 11) is 0. The van der Waals surface area contributed by atoms with Crippen molar-refractivity contribution in [2.24, 2.45) is 5.41 Å². The monoisotopic (exact) mass is 615 g/mol. The number of alkyl halides is 3. The maximum Gasteiger partial charge on any atom is 0.406 e. The molecule has 0 spiro atoms. The van der Waals surface area contributed by atoms with Crippen LogP contribution in [-0.2, 0) is 22.6 Å². The number of H-pyrrole nitrogens is 1. The Morgan fingerprint density at radius 2 is 1.98 bits per heavy atom. The summed E-state index contributed by atoms with van der Waals surface area (Å²) in [5.74, 6) is -0.777. The second-order valence-corrected chi connectivity index (χ2v) is 12.4. The van der Waals surface area contributed by atoms with E-state index in [0.29, 0.717) is 71.8 Å². The molecular formula is C29H29ClF3N7O3. The molecule has 1 aromatic carbocycles. The summed E-state index contributed by atoms with van der Waals surface area (Å²) in [6.45, 7) is -0.340. The van der Waals surface area contributed by atoms with Gasteiger partial charge in [0.15, 0.2) is 0 Å². The fraction of sp³-hybridized carbons (Fsp3) is 0.483. The minimum Gasteiger partial charge on any atom is -0.343 e. The minimum absolute atomic E-state index is 0.0709. The highest BCUT2D eigenvalue weighted by Gasteiger charge is 2.65. The van der Waals surface area contributed by atoms with E-state index in [4.69, 9.17) is 11.6 Å². The number of amides is 4. The summed E-state index contributed by atoms with van der Waals surface area (Å²) in [6, 6.07) is 5.18. The van der Waals surface area contributed by atoms with E-state index in [9.17, 15) is 27.6 Å². The molecule has 1 saturated heterocycles. The average Bonchev–Trinajstić information content (AvgIpc) is 3.53. The summed E-state index contributed by atoms with van der Waals surface area (Å²) < 4.78 is 40.9. The largest absolute Gasteiger partial charge is 0.406 e. The number of rotatable bonds is 4. The SMILES string of the molecule is O=C(C[C@@]12C[C@@H]1c1cc(Cl)c3[nH]ncc3c1CN(CC(F)(F)F)C2=O)N1CCC(N2CCc3cccnc3NC2=O)CC1. The number of urea groups is 1. The van der Waals surface area contributed by atoms with Gasteiger partial charge in [0.25, 0.3) is 0 Å². The Bertz CT molecular complexity index is 1640. The summed E-state index contributed by atoms with van der Waals surface area (Å²) in [5.41, 5.74) is 1.50. The lowest BCUT2D eigenvalue weighted by Crippen LogP contribution is -2.50. The van der Waals surface area contributed by atoms with Crippen molar-refractivity contribution < 1.29 is 27.6 Å². The van der Waals surface area contributed by atoms with Crippen molar-refractivity contribution in [2.75, 3.05) is 31.5 Å². The molecule has 2 fully saturated rings. The molecule has 0 unspecified atom stereocenters. The van der Waals surface area contributed by atoms with E-state index in [-0.39, 0.29) is 37.4 Å². The molecule has 10 nitrogen and oxygen atoms in total. The Morgan fingerprint density at radius 1 is 1.19 bits per heavy atom. The van der Waals surface area contributed by atoms with Crippen LogP contribution in [0.5, 0.6) is 0 Å². The number of hydrogen-bond donors (Lipinski definition) is 2. The number of carbonyl (C=O) groups is 3. The van der Waals surface area contributed by atoms with E-state index in [1.54, 1.807) is 22.1 Å². The maximum atomic E-state index is 13.8. The molecule has 7 rings (SSSR count). The van der Waals surface area contributed by atoms with Gasteiger partial charge in [0, 0.05) is 56.1 Å². The molecule has 43 heavy (non-hydrogen) atoms. The van der Waals surface area contributed by atoms with Gasteiger partial charge in [-0.3, -0.25) is 20.0 Å². The van der Waals surface area contributed by atoms with Crippen LogP contribution in [0.15, 0.2) is 30.6 Å². The molecule has 2 N–H and O–H groups in total. The summed E-state index contributed by atoms with van der Waals surface area (Å²) in [6.07, 6.45) is 0.429. The van der Waals surface area contributed by atoms with Crippen molar-refractivity contribution >= 4 is 46.2 Å². The van der Waals surface area contributed by atoms with E-state index in [1.807, 2.05) is 12.1 Å². The molecule has 3 aliphatic heterocycles.